The highest BCUT2D eigenvalue weighted by Gasteiger charge is 2.37. The minimum Gasteiger partial charge on any atom is -0.486 e. The molecule has 4 heteroatoms. The fraction of sp³-hybridized carbons (Fsp3) is 0.571. The first kappa shape index (κ1) is 10.9. The van der Waals surface area contributed by atoms with Gasteiger partial charge >= 0.3 is 0 Å². The number of rotatable bonds is 1. The minimum absolute atomic E-state index is 0.529. The summed E-state index contributed by atoms with van der Waals surface area (Å²) in [7, 11) is 0. The number of halogens is 1. The molecule has 1 atom stereocenters. The van der Waals surface area contributed by atoms with Crippen LogP contribution >= 0.6 is 11.6 Å². The van der Waals surface area contributed by atoms with Gasteiger partial charge in [0.05, 0.1) is 5.03 Å². The van der Waals surface area contributed by atoms with Crippen molar-refractivity contribution in [2.45, 2.75) is 18.9 Å². The molecule has 5 rings (SSSR count). The summed E-state index contributed by atoms with van der Waals surface area (Å²) in [6.07, 6.45) is 9.08. The molecule has 3 nitrogen and oxygen atoms in total. The predicted octanol–water partition coefficient (Wildman–Crippen LogP) is 2.27. The zero-order valence-electron chi connectivity index (χ0n) is 10.3. The van der Waals surface area contributed by atoms with Crippen LogP contribution in [0.5, 0.6) is 0 Å². The Morgan fingerprint density at radius 1 is 1.28 bits per heavy atom. The van der Waals surface area contributed by atoms with Crippen molar-refractivity contribution in [1.29, 1.82) is 0 Å². The Morgan fingerprint density at radius 2 is 2.11 bits per heavy atom. The summed E-state index contributed by atoms with van der Waals surface area (Å²) in [6, 6.07) is 0.612. The molecule has 3 saturated heterocycles. The minimum atomic E-state index is 0.529. The first-order valence-electron chi connectivity index (χ1n) is 6.73. The molecule has 0 aromatic carbocycles. The van der Waals surface area contributed by atoms with Crippen molar-refractivity contribution < 1.29 is 4.74 Å². The molecule has 5 heterocycles. The molecule has 0 aliphatic carbocycles. The van der Waals surface area contributed by atoms with Crippen molar-refractivity contribution in [3.8, 4) is 0 Å². The lowest BCUT2D eigenvalue weighted by Gasteiger charge is -2.48. The molecule has 0 spiro atoms. The predicted molar refractivity (Wildman–Crippen MR) is 70.8 cm³/mol. The topological polar surface area (TPSA) is 15.7 Å². The monoisotopic (exact) mass is 264 g/mol. The van der Waals surface area contributed by atoms with E-state index in [0.29, 0.717) is 12.6 Å². The van der Waals surface area contributed by atoms with E-state index in [4.69, 9.17) is 16.3 Å². The van der Waals surface area contributed by atoms with E-state index in [2.05, 4.69) is 28.3 Å². The van der Waals surface area contributed by atoms with Crippen LogP contribution in [0.15, 0.2) is 34.8 Å². The Bertz CT molecular complexity index is 460. The first-order chi connectivity index (χ1) is 8.81. The van der Waals surface area contributed by atoms with E-state index in [9.17, 15) is 0 Å². The quantitative estimate of drug-likeness (QED) is 0.723. The van der Waals surface area contributed by atoms with Gasteiger partial charge in [0.25, 0.3) is 0 Å². The first-order valence-corrected chi connectivity index (χ1v) is 7.11. The normalized spacial score (nSPS) is 37.7. The van der Waals surface area contributed by atoms with E-state index in [1.807, 2.05) is 0 Å². The molecule has 0 aromatic heterocycles. The van der Waals surface area contributed by atoms with Gasteiger partial charge < -0.3 is 14.5 Å². The molecule has 2 bridgehead atoms. The molecular weight excluding hydrogens is 248 g/mol. The van der Waals surface area contributed by atoms with E-state index < -0.39 is 0 Å². The lowest BCUT2D eigenvalue weighted by atomic mass is 9.83. The fourth-order valence-electron chi connectivity index (χ4n) is 3.53. The van der Waals surface area contributed by atoms with Crippen LogP contribution in [0.1, 0.15) is 12.8 Å². The summed E-state index contributed by atoms with van der Waals surface area (Å²) in [6.45, 7) is 4.28. The second-order valence-electron chi connectivity index (χ2n) is 5.57. The van der Waals surface area contributed by atoms with Gasteiger partial charge in [-0.25, -0.2) is 0 Å². The number of ether oxygens (including phenoxy) is 1. The number of hydrogen-bond acceptors (Lipinski definition) is 3. The van der Waals surface area contributed by atoms with Crippen molar-refractivity contribution in [1.82, 2.24) is 9.80 Å². The Morgan fingerprint density at radius 3 is 2.83 bits per heavy atom. The Balaban J connectivity index is 1.59. The van der Waals surface area contributed by atoms with Gasteiger partial charge in [0.1, 0.15) is 12.4 Å². The van der Waals surface area contributed by atoms with Crippen molar-refractivity contribution in [3.63, 3.8) is 0 Å². The van der Waals surface area contributed by atoms with Crippen molar-refractivity contribution in [2.75, 3.05) is 26.2 Å². The highest BCUT2D eigenvalue weighted by molar-refractivity contribution is 6.30. The third-order valence-electron chi connectivity index (χ3n) is 4.60. The average Bonchev–Trinajstić information content (AvgIpc) is 2.81. The van der Waals surface area contributed by atoms with E-state index in [1.54, 1.807) is 0 Å². The summed E-state index contributed by atoms with van der Waals surface area (Å²) in [4.78, 5) is 4.91. The van der Waals surface area contributed by atoms with Crippen LogP contribution in [0.25, 0.3) is 0 Å². The summed E-state index contributed by atoms with van der Waals surface area (Å²) < 4.78 is 5.62. The van der Waals surface area contributed by atoms with E-state index in [0.717, 1.165) is 22.3 Å². The second-order valence-corrected chi connectivity index (χ2v) is 6.03. The number of piperidine rings is 3. The van der Waals surface area contributed by atoms with Crippen molar-refractivity contribution in [3.05, 3.63) is 34.8 Å². The largest absolute Gasteiger partial charge is 0.486 e. The summed E-state index contributed by atoms with van der Waals surface area (Å²) in [5.74, 6) is 1.78. The van der Waals surface area contributed by atoms with Crippen LogP contribution in [-0.2, 0) is 4.74 Å². The van der Waals surface area contributed by atoms with E-state index in [-0.39, 0.29) is 0 Å². The van der Waals surface area contributed by atoms with Crippen LogP contribution in [-0.4, -0.2) is 42.1 Å². The number of fused-ring (bicyclic) bond motifs is 4. The maximum atomic E-state index is 6.12. The highest BCUT2D eigenvalue weighted by atomic mass is 35.5. The molecule has 3 fully saturated rings. The van der Waals surface area contributed by atoms with E-state index >= 15 is 0 Å². The molecule has 5 aliphatic heterocycles. The molecule has 96 valence electrons. The standard InChI is InChI=1S/C14H17ClN2O/c15-12-9-18-14-8-17(6-3-11(12)14)13-7-16-4-1-10(13)2-5-16/h3,6,8,10,13H,1-2,4-5,7,9H2/t13-/m0/s1. The molecule has 0 saturated carbocycles. The zero-order chi connectivity index (χ0) is 12.1. The summed E-state index contributed by atoms with van der Waals surface area (Å²) >= 11 is 6.12. The molecule has 0 amide bonds. The SMILES string of the molecule is ClC1=C2C=CN([C@H]3CN4CCC3CC4)C=C2OC1. The van der Waals surface area contributed by atoms with Crippen LogP contribution in [0, 0.1) is 5.92 Å². The van der Waals surface area contributed by atoms with Crippen molar-refractivity contribution in [2.24, 2.45) is 5.92 Å². The number of nitrogens with zero attached hydrogens (tertiary/aromatic N) is 2. The molecule has 18 heavy (non-hydrogen) atoms. The average molecular weight is 265 g/mol. The lowest BCUT2D eigenvalue weighted by molar-refractivity contribution is 0.0399. The van der Waals surface area contributed by atoms with Gasteiger partial charge in [0.15, 0.2) is 0 Å². The van der Waals surface area contributed by atoms with Gasteiger partial charge in [0, 0.05) is 30.6 Å². The smallest absolute Gasteiger partial charge is 0.144 e. The summed E-state index contributed by atoms with van der Waals surface area (Å²) in [5.41, 5.74) is 1.06. The van der Waals surface area contributed by atoms with Gasteiger partial charge in [-0.2, -0.15) is 0 Å². The fourth-order valence-corrected chi connectivity index (χ4v) is 3.74. The Hall–Kier alpha value is -0.930. The Kier molecular flexibility index (Phi) is 2.45. The lowest BCUT2D eigenvalue weighted by Crippen LogP contribution is -2.55. The number of hydrogen-bond donors (Lipinski definition) is 0. The van der Waals surface area contributed by atoms with Crippen LogP contribution in [0.3, 0.4) is 0 Å². The molecular formula is C14H17ClN2O. The number of allylic oxidation sites excluding steroid dienone is 1. The molecule has 0 radical (unpaired) electrons. The highest BCUT2D eigenvalue weighted by Crippen LogP contribution is 2.36. The van der Waals surface area contributed by atoms with Gasteiger partial charge in [-0.15, -0.1) is 0 Å². The third kappa shape index (κ3) is 1.61. The van der Waals surface area contributed by atoms with Gasteiger partial charge in [-0.3, -0.25) is 0 Å². The molecule has 0 N–H and O–H groups in total. The zero-order valence-corrected chi connectivity index (χ0v) is 11.1. The van der Waals surface area contributed by atoms with Crippen LogP contribution in [0.4, 0.5) is 0 Å². The Labute approximate surface area is 112 Å². The molecule has 0 aromatic rings. The van der Waals surface area contributed by atoms with Gasteiger partial charge in [-0.05, 0) is 37.9 Å². The maximum absolute atomic E-state index is 6.12. The van der Waals surface area contributed by atoms with E-state index in [1.165, 1.54) is 32.5 Å². The molecule has 0 unspecified atom stereocenters. The maximum Gasteiger partial charge on any atom is 0.144 e. The van der Waals surface area contributed by atoms with Gasteiger partial charge in [0.2, 0.25) is 0 Å². The molecule has 5 aliphatic rings. The van der Waals surface area contributed by atoms with Crippen LogP contribution in [0.2, 0.25) is 0 Å². The second kappa shape index (κ2) is 4.04. The third-order valence-corrected chi connectivity index (χ3v) is 4.91. The van der Waals surface area contributed by atoms with Crippen LogP contribution < -0.4 is 0 Å². The van der Waals surface area contributed by atoms with Crippen molar-refractivity contribution >= 4 is 11.6 Å². The van der Waals surface area contributed by atoms with Gasteiger partial charge in [-0.1, -0.05) is 11.6 Å². The summed E-state index contributed by atoms with van der Waals surface area (Å²) in [5, 5.41) is 0.825.